The molecule has 0 atom stereocenters. The third kappa shape index (κ3) is 7.45. The lowest BCUT2D eigenvalue weighted by atomic mass is 9.96. The van der Waals surface area contributed by atoms with E-state index in [0.29, 0.717) is 6.04 Å². The molecule has 1 aromatic carbocycles. The van der Waals surface area contributed by atoms with E-state index in [9.17, 15) is 0 Å². The standard InChI is InChI=1S/C22H34N6O.HI/c1-3-21-27-25-17-28(21)16-15-24-22(26-19-10-5-4-6-11-19)23-14-13-18-9-7-8-12-20(18)29-2;/h7-9,12,17,19H,3-6,10-11,13-16H2,1-2H3,(H2,23,24,26);1H. The second-order valence-electron chi connectivity index (χ2n) is 7.49. The van der Waals surface area contributed by atoms with Gasteiger partial charge in [-0.1, -0.05) is 44.4 Å². The minimum Gasteiger partial charge on any atom is -0.496 e. The monoisotopic (exact) mass is 526 g/mol. The summed E-state index contributed by atoms with van der Waals surface area (Å²) in [7, 11) is 1.72. The largest absolute Gasteiger partial charge is 0.496 e. The van der Waals surface area contributed by atoms with Gasteiger partial charge >= 0.3 is 0 Å². The van der Waals surface area contributed by atoms with Crippen molar-refractivity contribution in [1.82, 2.24) is 25.4 Å². The Morgan fingerprint density at radius 3 is 2.80 bits per heavy atom. The average Bonchev–Trinajstić information content (AvgIpc) is 3.22. The Labute approximate surface area is 197 Å². The Bertz CT molecular complexity index is 772. The normalized spacial score (nSPS) is 14.8. The summed E-state index contributed by atoms with van der Waals surface area (Å²) in [5.74, 6) is 2.84. The molecule has 0 radical (unpaired) electrons. The first-order valence-electron chi connectivity index (χ1n) is 10.8. The second-order valence-corrected chi connectivity index (χ2v) is 7.49. The number of nitrogens with zero attached hydrogens (tertiary/aromatic N) is 4. The summed E-state index contributed by atoms with van der Waals surface area (Å²) in [5.41, 5.74) is 1.19. The predicted octanol–water partition coefficient (Wildman–Crippen LogP) is 3.58. The Morgan fingerprint density at radius 2 is 2.03 bits per heavy atom. The van der Waals surface area contributed by atoms with Crippen molar-refractivity contribution in [2.24, 2.45) is 4.99 Å². The minimum atomic E-state index is 0. The number of nitrogens with one attached hydrogen (secondary N) is 2. The van der Waals surface area contributed by atoms with Crippen LogP contribution in [-0.2, 0) is 19.4 Å². The quantitative estimate of drug-likeness (QED) is 0.297. The molecule has 0 unspecified atom stereocenters. The van der Waals surface area contributed by atoms with Crippen molar-refractivity contribution in [3.8, 4) is 5.75 Å². The number of halogens is 1. The number of aromatic nitrogens is 3. The van der Waals surface area contributed by atoms with Gasteiger partial charge < -0.3 is 19.9 Å². The molecular weight excluding hydrogens is 491 g/mol. The highest BCUT2D eigenvalue weighted by Gasteiger charge is 2.14. The highest BCUT2D eigenvalue weighted by Crippen LogP contribution is 2.18. The maximum absolute atomic E-state index is 5.46. The van der Waals surface area contributed by atoms with E-state index in [1.54, 1.807) is 13.4 Å². The van der Waals surface area contributed by atoms with Crippen LogP contribution in [0.3, 0.4) is 0 Å². The third-order valence-corrected chi connectivity index (χ3v) is 5.45. The first kappa shape index (κ1) is 24.4. The van der Waals surface area contributed by atoms with Crippen LogP contribution in [0.15, 0.2) is 35.6 Å². The van der Waals surface area contributed by atoms with Crippen molar-refractivity contribution in [3.63, 3.8) is 0 Å². The van der Waals surface area contributed by atoms with E-state index < -0.39 is 0 Å². The lowest BCUT2D eigenvalue weighted by Gasteiger charge is -2.25. The summed E-state index contributed by atoms with van der Waals surface area (Å²) in [4.78, 5) is 4.85. The van der Waals surface area contributed by atoms with E-state index in [-0.39, 0.29) is 24.0 Å². The van der Waals surface area contributed by atoms with Crippen LogP contribution in [0.2, 0.25) is 0 Å². The van der Waals surface area contributed by atoms with E-state index in [0.717, 1.165) is 50.0 Å². The van der Waals surface area contributed by atoms with Crippen molar-refractivity contribution in [2.45, 2.75) is 64.5 Å². The number of methoxy groups -OCH3 is 1. The van der Waals surface area contributed by atoms with Crippen molar-refractivity contribution in [2.75, 3.05) is 20.2 Å². The van der Waals surface area contributed by atoms with E-state index in [1.165, 1.54) is 37.7 Å². The first-order chi connectivity index (χ1) is 14.3. The summed E-state index contributed by atoms with van der Waals surface area (Å²) < 4.78 is 7.56. The van der Waals surface area contributed by atoms with Gasteiger partial charge in [0.05, 0.1) is 7.11 Å². The van der Waals surface area contributed by atoms with E-state index in [1.807, 2.05) is 18.2 Å². The highest BCUT2D eigenvalue weighted by atomic mass is 127. The van der Waals surface area contributed by atoms with Crippen LogP contribution in [0.5, 0.6) is 5.75 Å². The number of aliphatic imine (C=N–C) groups is 1. The van der Waals surface area contributed by atoms with E-state index in [4.69, 9.17) is 9.73 Å². The number of hydrogen-bond donors (Lipinski definition) is 2. The molecule has 0 aliphatic heterocycles. The Hall–Kier alpha value is -1.84. The fourth-order valence-corrected chi connectivity index (χ4v) is 3.82. The van der Waals surface area contributed by atoms with Crippen LogP contribution in [-0.4, -0.2) is 47.0 Å². The van der Waals surface area contributed by atoms with Crippen LogP contribution in [0.25, 0.3) is 0 Å². The van der Waals surface area contributed by atoms with Gasteiger partial charge in [0.25, 0.3) is 0 Å². The van der Waals surface area contributed by atoms with Gasteiger partial charge in [-0.25, -0.2) is 0 Å². The van der Waals surface area contributed by atoms with Crippen molar-refractivity contribution in [3.05, 3.63) is 42.0 Å². The second kappa shape index (κ2) is 13.5. The zero-order valence-corrected chi connectivity index (χ0v) is 20.5. The van der Waals surface area contributed by atoms with Gasteiger partial charge in [-0.05, 0) is 30.9 Å². The summed E-state index contributed by atoms with van der Waals surface area (Å²) in [6.07, 6.45) is 9.93. The summed E-state index contributed by atoms with van der Waals surface area (Å²) in [5, 5.41) is 15.3. The number of benzene rings is 1. The van der Waals surface area contributed by atoms with Gasteiger partial charge in [0.15, 0.2) is 5.96 Å². The van der Waals surface area contributed by atoms with Crippen LogP contribution >= 0.6 is 24.0 Å². The minimum absolute atomic E-state index is 0. The third-order valence-electron chi connectivity index (χ3n) is 5.45. The Kier molecular flexibility index (Phi) is 11.0. The molecule has 8 heteroatoms. The van der Waals surface area contributed by atoms with Crippen molar-refractivity contribution in [1.29, 1.82) is 0 Å². The average molecular weight is 526 g/mol. The molecule has 1 saturated carbocycles. The van der Waals surface area contributed by atoms with Crippen LogP contribution < -0.4 is 15.4 Å². The fraction of sp³-hybridized carbons (Fsp3) is 0.591. The van der Waals surface area contributed by atoms with Gasteiger partial charge in [0.2, 0.25) is 0 Å². The number of ether oxygens (including phenoxy) is 1. The molecule has 1 aliphatic rings. The zero-order valence-electron chi connectivity index (χ0n) is 18.1. The molecule has 2 aromatic rings. The first-order valence-corrected chi connectivity index (χ1v) is 10.8. The van der Waals surface area contributed by atoms with Crippen LogP contribution in [0.4, 0.5) is 0 Å². The van der Waals surface area contributed by atoms with E-state index >= 15 is 0 Å². The topological polar surface area (TPSA) is 76.4 Å². The number of guanidine groups is 1. The molecule has 3 rings (SSSR count). The summed E-state index contributed by atoms with van der Waals surface area (Å²) in [6, 6.07) is 8.67. The molecular formula is C22H35IN6O. The van der Waals surface area contributed by atoms with Crippen LogP contribution in [0.1, 0.15) is 50.4 Å². The van der Waals surface area contributed by atoms with Crippen molar-refractivity contribution < 1.29 is 4.74 Å². The smallest absolute Gasteiger partial charge is 0.191 e. The molecule has 1 heterocycles. The molecule has 1 aromatic heterocycles. The number of para-hydroxylation sites is 1. The molecule has 0 saturated heterocycles. The maximum Gasteiger partial charge on any atom is 0.191 e. The molecule has 1 fully saturated rings. The number of hydrogen-bond acceptors (Lipinski definition) is 4. The molecule has 0 amide bonds. The zero-order chi connectivity index (χ0) is 20.3. The van der Waals surface area contributed by atoms with Gasteiger partial charge in [-0.2, -0.15) is 0 Å². The lowest BCUT2D eigenvalue weighted by Crippen LogP contribution is -2.45. The molecule has 30 heavy (non-hydrogen) atoms. The highest BCUT2D eigenvalue weighted by molar-refractivity contribution is 14.0. The lowest BCUT2D eigenvalue weighted by molar-refractivity contribution is 0.408. The fourth-order valence-electron chi connectivity index (χ4n) is 3.82. The molecule has 2 N–H and O–H groups in total. The van der Waals surface area contributed by atoms with Crippen molar-refractivity contribution >= 4 is 29.9 Å². The molecule has 0 bridgehead atoms. The molecule has 7 nitrogen and oxygen atoms in total. The van der Waals surface area contributed by atoms with Gasteiger partial charge in [0.1, 0.15) is 17.9 Å². The SMILES string of the molecule is CCc1nncn1CCNC(=NCCc1ccccc1OC)NC1CCCCC1.I. The molecule has 0 spiro atoms. The number of rotatable bonds is 9. The Balaban J connectivity index is 0.00000320. The van der Waals surface area contributed by atoms with Crippen LogP contribution in [0, 0.1) is 0 Å². The van der Waals surface area contributed by atoms with Gasteiger partial charge in [-0.15, -0.1) is 34.2 Å². The maximum atomic E-state index is 5.46. The predicted molar refractivity (Wildman–Crippen MR) is 132 cm³/mol. The summed E-state index contributed by atoms with van der Waals surface area (Å²) in [6.45, 7) is 4.44. The molecule has 166 valence electrons. The molecule has 1 aliphatic carbocycles. The number of aryl methyl sites for hydroxylation is 1. The Morgan fingerprint density at radius 1 is 1.23 bits per heavy atom. The van der Waals surface area contributed by atoms with E-state index in [2.05, 4.69) is 38.4 Å². The summed E-state index contributed by atoms with van der Waals surface area (Å²) >= 11 is 0. The van der Waals surface area contributed by atoms with Gasteiger partial charge in [-0.3, -0.25) is 4.99 Å². The van der Waals surface area contributed by atoms with Gasteiger partial charge in [0, 0.05) is 32.1 Å².